The molecule has 3 aliphatic rings. The minimum Gasteiger partial charge on any atom is -0.458 e. The van der Waals surface area contributed by atoms with Gasteiger partial charge in [0.25, 0.3) is 0 Å². The summed E-state index contributed by atoms with van der Waals surface area (Å²) in [6.07, 6.45) is -6.93. The van der Waals surface area contributed by atoms with Crippen molar-refractivity contribution in [2.24, 2.45) is 23.2 Å². The van der Waals surface area contributed by atoms with E-state index in [4.69, 9.17) is 37.9 Å². The molecular weight excluding hydrogens is 772 g/mol. The van der Waals surface area contributed by atoms with Gasteiger partial charge in [-0.15, -0.1) is 0 Å². The molecule has 2 aliphatic carbocycles. The van der Waals surface area contributed by atoms with E-state index in [0.29, 0.717) is 0 Å². The smallest absolute Gasteiger partial charge is 0.338 e. The van der Waals surface area contributed by atoms with Gasteiger partial charge in [0.05, 0.1) is 11.5 Å². The van der Waals surface area contributed by atoms with Crippen LogP contribution in [0.25, 0.3) is 0 Å². The maximum Gasteiger partial charge on any atom is 0.338 e. The molecule has 4 rings (SSSR count). The Kier molecular flexibility index (Phi) is 14.2. The molecule has 0 N–H and O–H groups in total. The summed E-state index contributed by atoms with van der Waals surface area (Å²) < 4.78 is 49.6. The highest BCUT2D eigenvalue weighted by Crippen LogP contribution is 2.57. The molecule has 1 aromatic carbocycles. The minimum atomic E-state index is -2.44. The van der Waals surface area contributed by atoms with Gasteiger partial charge in [0.2, 0.25) is 0 Å². The third-order valence-electron chi connectivity index (χ3n) is 10.8. The number of Topliss-reactive ketones (excluding diaryl/α,β-unsaturated/α-hetero) is 1. The highest BCUT2D eigenvalue weighted by atomic mass is 16.7. The van der Waals surface area contributed by atoms with Crippen LogP contribution in [0.15, 0.2) is 42.5 Å². The number of ether oxygens (including phenoxy) is 8. The van der Waals surface area contributed by atoms with Gasteiger partial charge < -0.3 is 37.9 Å². The van der Waals surface area contributed by atoms with Gasteiger partial charge in [-0.3, -0.25) is 33.6 Å². The molecule has 0 radical (unpaired) electrons. The zero-order chi connectivity index (χ0) is 44.2. The first kappa shape index (κ1) is 46.6. The first-order valence-corrected chi connectivity index (χ1v) is 19.6. The molecule has 324 valence electrons. The molecule has 1 heterocycles. The normalized spacial score (nSPS) is 33.3. The summed E-state index contributed by atoms with van der Waals surface area (Å²) in [6, 6.07) is 7.75. The molecule has 59 heavy (non-hydrogen) atoms. The Balaban J connectivity index is 2.31. The van der Waals surface area contributed by atoms with E-state index < -0.39 is 131 Å². The van der Waals surface area contributed by atoms with Crippen LogP contribution in [0.5, 0.6) is 0 Å². The molecular formula is C43H56O16. The maximum absolute atomic E-state index is 15.3. The molecule has 1 saturated heterocycles. The van der Waals surface area contributed by atoms with Gasteiger partial charge in [-0.25, -0.2) is 4.79 Å². The molecule has 16 heteroatoms. The molecule has 2 fully saturated rings. The molecule has 1 saturated carbocycles. The average molecular weight is 829 g/mol. The number of esters is 7. The standard InChI is InChI=1S/C43H56O16/c1-23(2)21-52-38-33(53-25(4)44)37(55-27(6)46)40(9,10)19-17-24(3)34(50)43(58-29(8)48)22-41(11,57-28(7)47)35(54-26(5)45)32(43)36-42(38,20-18-31(49)56-36)59-39(51)30-15-13-12-14-16-30/h12-17,19,23-24,32-33,35-38H,18,20-22H2,1-11H3/b19-17-/t24-,32+,33-,35+,36+,37+,38+,41+,42-,43+/m0/s1. The number of carbonyl (C=O) groups excluding carboxylic acids is 8. The molecule has 0 spiro atoms. The van der Waals surface area contributed by atoms with Gasteiger partial charge in [0.15, 0.2) is 40.9 Å². The topological polar surface area (TPSA) is 210 Å². The lowest BCUT2D eigenvalue weighted by Crippen LogP contribution is -2.72. The van der Waals surface area contributed by atoms with Crippen LogP contribution in [0.2, 0.25) is 0 Å². The predicted octanol–water partition coefficient (Wildman–Crippen LogP) is 4.57. The van der Waals surface area contributed by atoms with Crippen LogP contribution in [-0.2, 0) is 71.5 Å². The van der Waals surface area contributed by atoms with E-state index in [1.807, 2.05) is 13.8 Å². The quantitative estimate of drug-likeness (QED) is 0.180. The summed E-state index contributed by atoms with van der Waals surface area (Å²) >= 11 is 0. The summed E-state index contributed by atoms with van der Waals surface area (Å²) in [4.78, 5) is 109. The van der Waals surface area contributed by atoms with E-state index in [0.717, 1.165) is 34.6 Å². The van der Waals surface area contributed by atoms with Crippen LogP contribution < -0.4 is 0 Å². The Hall–Kier alpha value is -5.12. The number of carbonyl (C=O) groups is 8. The molecule has 1 aromatic rings. The molecule has 1 aliphatic heterocycles. The third kappa shape index (κ3) is 10.0. The van der Waals surface area contributed by atoms with E-state index >= 15 is 4.79 Å². The van der Waals surface area contributed by atoms with Crippen LogP contribution in [0.3, 0.4) is 0 Å². The maximum atomic E-state index is 15.3. The van der Waals surface area contributed by atoms with Crippen LogP contribution in [0.4, 0.5) is 0 Å². The van der Waals surface area contributed by atoms with E-state index in [1.165, 1.54) is 32.1 Å². The van der Waals surface area contributed by atoms with Crippen molar-refractivity contribution in [1.29, 1.82) is 0 Å². The highest BCUT2D eigenvalue weighted by molar-refractivity contribution is 5.94. The zero-order valence-electron chi connectivity index (χ0n) is 35.5. The highest BCUT2D eigenvalue weighted by Gasteiger charge is 2.76. The zero-order valence-corrected chi connectivity index (χ0v) is 35.5. The van der Waals surface area contributed by atoms with Gasteiger partial charge in [0.1, 0.15) is 12.2 Å². The monoisotopic (exact) mass is 828 g/mol. The van der Waals surface area contributed by atoms with Gasteiger partial charge in [-0.1, -0.05) is 65.0 Å². The second kappa shape index (κ2) is 18.0. The van der Waals surface area contributed by atoms with Gasteiger partial charge in [-0.2, -0.15) is 0 Å². The summed E-state index contributed by atoms with van der Waals surface area (Å²) in [5, 5.41) is 0. The van der Waals surface area contributed by atoms with Crippen LogP contribution >= 0.6 is 0 Å². The van der Waals surface area contributed by atoms with E-state index in [-0.39, 0.29) is 18.1 Å². The molecule has 0 amide bonds. The van der Waals surface area contributed by atoms with E-state index in [2.05, 4.69) is 0 Å². The van der Waals surface area contributed by atoms with Gasteiger partial charge in [-0.05, 0) is 25.0 Å². The summed E-state index contributed by atoms with van der Waals surface area (Å²) in [5.41, 5.74) is -8.03. The number of fused-ring (bicyclic) bond motifs is 3. The lowest BCUT2D eigenvalue weighted by molar-refractivity contribution is -0.269. The van der Waals surface area contributed by atoms with E-state index in [9.17, 15) is 33.6 Å². The number of rotatable bonds is 10. The van der Waals surface area contributed by atoms with Crippen molar-refractivity contribution in [2.75, 3.05) is 6.61 Å². The van der Waals surface area contributed by atoms with Crippen molar-refractivity contribution in [3.8, 4) is 0 Å². The van der Waals surface area contributed by atoms with Crippen molar-refractivity contribution < 1.29 is 76.3 Å². The Morgan fingerprint density at radius 2 is 1.34 bits per heavy atom. The van der Waals surface area contributed by atoms with Crippen LogP contribution in [0, 0.1) is 23.2 Å². The fourth-order valence-electron chi connectivity index (χ4n) is 8.69. The second-order valence-corrected chi connectivity index (χ2v) is 16.8. The fraction of sp³-hybridized carbons (Fsp3) is 0.628. The Bertz CT molecular complexity index is 1830. The summed E-state index contributed by atoms with van der Waals surface area (Å²) in [6.45, 7) is 15.2. The SMILES string of the molecule is CC(=O)O[C@H]1[C@@H](OC(C)=O)C(C)(C)/C=C\[C@H](C)C(=O)[C@@]2(OC(C)=O)C[C@@](C)(OC(C)=O)[C@H](OC(C)=O)[C@@H]2[C@H]2OC(=O)CC[C@@]2(OC(=O)c2ccccc2)[C@@H]1OCC(C)C. The minimum absolute atomic E-state index is 0.0266. The van der Waals surface area contributed by atoms with Crippen LogP contribution in [0.1, 0.15) is 106 Å². The predicted molar refractivity (Wildman–Crippen MR) is 205 cm³/mol. The summed E-state index contributed by atoms with van der Waals surface area (Å²) in [7, 11) is 0. The molecule has 16 nitrogen and oxygen atoms in total. The Labute approximate surface area is 343 Å². The largest absolute Gasteiger partial charge is 0.458 e. The van der Waals surface area contributed by atoms with Crippen LogP contribution in [-0.4, -0.2) is 101 Å². The third-order valence-corrected chi connectivity index (χ3v) is 10.8. The van der Waals surface area contributed by atoms with E-state index in [1.54, 1.807) is 38.1 Å². The number of hydrogen-bond acceptors (Lipinski definition) is 16. The Morgan fingerprint density at radius 3 is 1.88 bits per heavy atom. The second-order valence-electron chi connectivity index (χ2n) is 16.8. The molecule has 10 atom stereocenters. The van der Waals surface area contributed by atoms with Gasteiger partial charge in [0, 0.05) is 71.8 Å². The first-order chi connectivity index (χ1) is 27.4. The van der Waals surface area contributed by atoms with Gasteiger partial charge >= 0.3 is 41.8 Å². The lowest BCUT2D eigenvalue weighted by atomic mass is 9.66. The number of allylic oxidation sites excluding steroid dienone is 1. The van der Waals surface area contributed by atoms with Crippen molar-refractivity contribution in [3.05, 3.63) is 48.0 Å². The molecule has 0 aromatic heterocycles. The average Bonchev–Trinajstić information content (AvgIpc) is 3.34. The summed E-state index contributed by atoms with van der Waals surface area (Å²) in [5.74, 6) is -10.2. The van der Waals surface area contributed by atoms with Crippen molar-refractivity contribution in [3.63, 3.8) is 0 Å². The molecule has 0 unspecified atom stereocenters. The Morgan fingerprint density at radius 1 is 0.763 bits per heavy atom. The molecule has 0 bridgehead atoms. The fourth-order valence-corrected chi connectivity index (χ4v) is 8.69. The van der Waals surface area contributed by atoms with Crippen molar-refractivity contribution >= 4 is 47.6 Å². The first-order valence-electron chi connectivity index (χ1n) is 19.6. The lowest BCUT2D eigenvalue weighted by Gasteiger charge is -2.54. The number of ketones is 1. The number of benzene rings is 1. The van der Waals surface area contributed by atoms with Crippen molar-refractivity contribution in [2.45, 2.75) is 143 Å². The van der Waals surface area contributed by atoms with Crippen molar-refractivity contribution in [1.82, 2.24) is 0 Å². The number of hydrogen-bond donors (Lipinski definition) is 0.